The summed E-state index contributed by atoms with van der Waals surface area (Å²) < 4.78 is 5.60. The van der Waals surface area contributed by atoms with Crippen molar-refractivity contribution in [1.29, 1.82) is 0 Å². The number of phenols is 1. The van der Waals surface area contributed by atoms with Crippen molar-refractivity contribution in [3.63, 3.8) is 0 Å². The van der Waals surface area contributed by atoms with Crippen LogP contribution in [0.3, 0.4) is 0 Å². The molecule has 2 aromatic carbocycles. The van der Waals surface area contributed by atoms with Crippen molar-refractivity contribution in [2.75, 3.05) is 13.2 Å². The van der Waals surface area contributed by atoms with Gasteiger partial charge in [0.25, 0.3) is 0 Å². The molecule has 2 aromatic rings. The zero-order valence-corrected chi connectivity index (χ0v) is 14.4. The van der Waals surface area contributed by atoms with Gasteiger partial charge in [-0.1, -0.05) is 43.2 Å². The Bertz CT molecular complexity index is 632. The van der Waals surface area contributed by atoms with Gasteiger partial charge < -0.3 is 15.6 Å². The fourth-order valence-electron chi connectivity index (χ4n) is 2.33. The Morgan fingerprint density at radius 2 is 1.71 bits per heavy atom. The third-order valence-corrected chi connectivity index (χ3v) is 3.62. The number of nitrogens with two attached hydrogens (primary N) is 1. The minimum absolute atomic E-state index is 0. The summed E-state index contributed by atoms with van der Waals surface area (Å²) in [4.78, 5) is 12.3. The second-order valence-electron chi connectivity index (χ2n) is 5.43. The van der Waals surface area contributed by atoms with Crippen LogP contribution >= 0.6 is 12.4 Å². The molecule has 5 heteroatoms. The molecular weight excluding hydrogens is 326 g/mol. The Morgan fingerprint density at radius 3 is 2.38 bits per heavy atom. The normalized spacial score (nSPS) is 10.0. The molecule has 130 valence electrons. The monoisotopic (exact) mass is 349 g/mol. The Kier molecular flexibility index (Phi) is 8.90. The van der Waals surface area contributed by atoms with Crippen LogP contribution in [0.5, 0.6) is 11.5 Å². The highest BCUT2D eigenvalue weighted by atomic mass is 35.5. The lowest BCUT2D eigenvalue weighted by molar-refractivity contribution is 0.103. The van der Waals surface area contributed by atoms with Crippen molar-refractivity contribution in [2.45, 2.75) is 25.7 Å². The number of hydrogen-bond donors (Lipinski definition) is 2. The van der Waals surface area contributed by atoms with Crippen molar-refractivity contribution in [3.8, 4) is 11.5 Å². The summed E-state index contributed by atoms with van der Waals surface area (Å²) in [6.07, 6.45) is 4.17. The lowest BCUT2D eigenvalue weighted by Crippen LogP contribution is -2.03. The fourth-order valence-corrected chi connectivity index (χ4v) is 2.33. The third kappa shape index (κ3) is 5.87. The molecule has 0 aromatic heterocycles. The molecule has 0 bridgehead atoms. The molecule has 2 rings (SSSR count). The first-order valence-electron chi connectivity index (χ1n) is 7.98. The van der Waals surface area contributed by atoms with Gasteiger partial charge in [-0.25, -0.2) is 0 Å². The maximum Gasteiger partial charge on any atom is 0.196 e. The first kappa shape index (κ1) is 20.0. The van der Waals surface area contributed by atoms with Crippen LogP contribution < -0.4 is 10.5 Å². The largest absolute Gasteiger partial charge is 0.507 e. The molecule has 0 saturated carbocycles. The van der Waals surface area contributed by atoms with E-state index in [1.54, 1.807) is 36.4 Å². The summed E-state index contributed by atoms with van der Waals surface area (Å²) in [5.74, 6) is 0.321. The summed E-state index contributed by atoms with van der Waals surface area (Å²) in [6, 6.07) is 13.7. The average Bonchev–Trinajstić information content (AvgIpc) is 2.58. The van der Waals surface area contributed by atoms with Crippen LogP contribution in [0.2, 0.25) is 0 Å². The number of ether oxygens (including phenoxy) is 1. The van der Waals surface area contributed by atoms with Crippen LogP contribution in [-0.2, 0) is 0 Å². The van der Waals surface area contributed by atoms with E-state index in [1.807, 2.05) is 6.07 Å². The third-order valence-electron chi connectivity index (χ3n) is 3.62. The van der Waals surface area contributed by atoms with Gasteiger partial charge in [0, 0.05) is 11.6 Å². The standard InChI is InChI=1S/C19H23NO3.ClH/c20-12-6-1-2-7-13-23-16-10-11-17(18(21)14-16)19(22)15-8-4-3-5-9-15;/h3-5,8-11,14,21H,1-2,6-7,12-13,20H2;1H. The summed E-state index contributed by atoms with van der Waals surface area (Å²) in [5.41, 5.74) is 6.28. The molecule has 0 amide bonds. The molecule has 0 saturated heterocycles. The molecule has 0 aliphatic carbocycles. The maximum atomic E-state index is 12.3. The van der Waals surface area contributed by atoms with Gasteiger partial charge in [0.15, 0.2) is 5.78 Å². The van der Waals surface area contributed by atoms with E-state index in [0.717, 1.165) is 32.2 Å². The minimum atomic E-state index is -0.198. The second kappa shape index (κ2) is 10.7. The molecule has 0 fully saturated rings. The van der Waals surface area contributed by atoms with Crippen molar-refractivity contribution in [2.24, 2.45) is 5.73 Å². The maximum absolute atomic E-state index is 12.3. The van der Waals surface area contributed by atoms with Gasteiger partial charge in [0.1, 0.15) is 11.5 Å². The van der Waals surface area contributed by atoms with E-state index in [0.29, 0.717) is 17.9 Å². The smallest absolute Gasteiger partial charge is 0.196 e. The Morgan fingerprint density at radius 1 is 1.00 bits per heavy atom. The van der Waals surface area contributed by atoms with Gasteiger partial charge >= 0.3 is 0 Å². The molecule has 24 heavy (non-hydrogen) atoms. The zero-order valence-electron chi connectivity index (χ0n) is 13.6. The zero-order chi connectivity index (χ0) is 16.5. The van der Waals surface area contributed by atoms with Gasteiger partial charge in [-0.15, -0.1) is 12.4 Å². The van der Waals surface area contributed by atoms with Crippen molar-refractivity contribution in [1.82, 2.24) is 0 Å². The molecule has 3 N–H and O–H groups in total. The molecule has 0 heterocycles. The average molecular weight is 350 g/mol. The number of aromatic hydroxyl groups is 1. The SMILES string of the molecule is Cl.NCCCCCCOc1ccc(C(=O)c2ccccc2)c(O)c1. The Balaban J connectivity index is 0.00000288. The van der Waals surface area contributed by atoms with Crippen LogP contribution in [0.25, 0.3) is 0 Å². The molecule has 0 aliphatic rings. The van der Waals surface area contributed by atoms with Gasteiger partial charge in [-0.05, 0) is 31.5 Å². The van der Waals surface area contributed by atoms with Gasteiger partial charge in [0.05, 0.1) is 12.2 Å². The van der Waals surface area contributed by atoms with Gasteiger partial charge in [-0.2, -0.15) is 0 Å². The number of hydrogen-bond acceptors (Lipinski definition) is 4. The van der Waals surface area contributed by atoms with Crippen LogP contribution in [-0.4, -0.2) is 24.0 Å². The number of benzene rings is 2. The molecular formula is C19H24ClNO3. The summed E-state index contributed by atoms with van der Waals surface area (Å²) in [6.45, 7) is 1.32. The highest BCUT2D eigenvalue weighted by molar-refractivity contribution is 6.10. The quantitative estimate of drug-likeness (QED) is 0.531. The van der Waals surface area contributed by atoms with Crippen molar-refractivity contribution >= 4 is 18.2 Å². The summed E-state index contributed by atoms with van der Waals surface area (Å²) in [7, 11) is 0. The highest BCUT2D eigenvalue weighted by Crippen LogP contribution is 2.26. The lowest BCUT2D eigenvalue weighted by Gasteiger charge is -2.09. The number of ketones is 1. The summed E-state index contributed by atoms with van der Waals surface area (Å²) in [5, 5.41) is 10.1. The lowest BCUT2D eigenvalue weighted by atomic mass is 10.0. The first-order chi connectivity index (χ1) is 11.2. The number of carbonyl (C=O) groups is 1. The first-order valence-corrected chi connectivity index (χ1v) is 7.98. The highest BCUT2D eigenvalue weighted by Gasteiger charge is 2.13. The van der Waals surface area contributed by atoms with E-state index < -0.39 is 0 Å². The van der Waals surface area contributed by atoms with Crippen LogP contribution in [0, 0.1) is 0 Å². The van der Waals surface area contributed by atoms with Crippen LogP contribution in [0.4, 0.5) is 0 Å². The van der Waals surface area contributed by atoms with E-state index >= 15 is 0 Å². The predicted octanol–water partition coefficient (Wildman–Crippen LogP) is 3.94. The number of carbonyl (C=O) groups excluding carboxylic acids is 1. The number of halogens is 1. The van der Waals surface area contributed by atoms with E-state index in [-0.39, 0.29) is 29.5 Å². The predicted molar refractivity (Wildman–Crippen MR) is 98.2 cm³/mol. The molecule has 4 nitrogen and oxygen atoms in total. The van der Waals surface area contributed by atoms with E-state index in [2.05, 4.69) is 0 Å². The van der Waals surface area contributed by atoms with E-state index in [4.69, 9.17) is 10.5 Å². The molecule has 0 aliphatic heterocycles. The van der Waals surface area contributed by atoms with Crippen LogP contribution in [0.15, 0.2) is 48.5 Å². The molecule has 0 spiro atoms. The minimum Gasteiger partial charge on any atom is -0.507 e. The molecule has 0 atom stereocenters. The number of rotatable bonds is 9. The molecule has 0 unspecified atom stereocenters. The Labute approximate surface area is 149 Å². The van der Waals surface area contributed by atoms with Crippen molar-refractivity contribution < 1.29 is 14.6 Å². The molecule has 0 radical (unpaired) electrons. The topological polar surface area (TPSA) is 72.5 Å². The van der Waals surface area contributed by atoms with Crippen LogP contribution in [0.1, 0.15) is 41.6 Å². The summed E-state index contributed by atoms with van der Waals surface area (Å²) >= 11 is 0. The van der Waals surface area contributed by atoms with E-state index in [9.17, 15) is 9.90 Å². The number of phenolic OH excluding ortho intramolecular Hbond substituents is 1. The van der Waals surface area contributed by atoms with Gasteiger partial charge in [-0.3, -0.25) is 4.79 Å². The van der Waals surface area contributed by atoms with Crippen molar-refractivity contribution in [3.05, 3.63) is 59.7 Å². The number of unbranched alkanes of at least 4 members (excludes halogenated alkanes) is 3. The second-order valence-corrected chi connectivity index (χ2v) is 5.43. The van der Waals surface area contributed by atoms with E-state index in [1.165, 1.54) is 6.07 Å². The Hall–Kier alpha value is -2.04. The van der Waals surface area contributed by atoms with Gasteiger partial charge in [0.2, 0.25) is 0 Å². The fraction of sp³-hybridized carbons (Fsp3) is 0.316.